The highest BCUT2D eigenvalue weighted by Crippen LogP contribution is 2.29. The molecule has 0 N–H and O–H groups in total. The number of aliphatic imine (C=N–C) groups is 1. The second-order valence-corrected chi connectivity index (χ2v) is 6.85. The van der Waals surface area contributed by atoms with Crippen molar-refractivity contribution in [3.8, 4) is 11.3 Å². The number of hydrogen-bond acceptors (Lipinski definition) is 1. The molecule has 3 aromatic carbocycles. The molecule has 0 spiro atoms. The molecule has 0 saturated heterocycles. The van der Waals surface area contributed by atoms with Crippen molar-refractivity contribution >= 4 is 22.5 Å². The molecule has 0 fully saturated rings. The number of para-hydroxylation sites is 1. The Bertz CT molecular complexity index is 1120. The summed E-state index contributed by atoms with van der Waals surface area (Å²) in [6, 6.07) is 27.2. The molecule has 29 heavy (non-hydrogen) atoms. The van der Waals surface area contributed by atoms with Crippen LogP contribution in [0.15, 0.2) is 89.9 Å². The minimum absolute atomic E-state index is 0.260. The van der Waals surface area contributed by atoms with E-state index in [4.69, 9.17) is 4.99 Å². The molecule has 0 unspecified atom stereocenters. The van der Waals surface area contributed by atoms with Gasteiger partial charge in [0.15, 0.2) is 0 Å². The highest BCUT2D eigenvalue weighted by Gasteiger charge is 2.19. The first-order valence-electron chi connectivity index (χ1n) is 9.96. The number of fused-ring (bicyclic) bond motifs is 1. The predicted octanol–water partition coefficient (Wildman–Crippen LogP) is 6.33. The van der Waals surface area contributed by atoms with Gasteiger partial charge >= 0.3 is 0 Å². The van der Waals surface area contributed by atoms with Crippen molar-refractivity contribution in [1.29, 1.82) is 0 Å². The normalized spacial score (nSPS) is 11.8. The Labute approximate surface area is 170 Å². The van der Waals surface area contributed by atoms with Gasteiger partial charge in [-0.2, -0.15) is 0 Å². The van der Waals surface area contributed by atoms with E-state index in [-0.39, 0.29) is 5.82 Å². The molecule has 0 aliphatic rings. The number of nitrogens with zero attached hydrogens (tertiary/aromatic N) is 3. The first-order valence-corrected chi connectivity index (χ1v) is 9.96. The predicted molar refractivity (Wildman–Crippen MR) is 119 cm³/mol. The van der Waals surface area contributed by atoms with Crippen LogP contribution in [0.25, 0.3) is 22.2 Å². The Morgan fingerprint density at radius 1 is 0.862 bits per heavy atom. The number of rotatable bonds is 4. The van der Waals surface area contributed by atoms with E-state index in [0.717, 1.165) is 46.9 Å². The van der Waals surface area contributed by atoms with Crippen LogP contribution in [0.2, 0.25) is 0 Å². The van der Waals surface area contributed by atoms with Crippen LogP contribution < -0.4 is 0 Å². The van der Waals surface area contributed by atoms with Crippen LogP contribution in [-0.2, 0) is 0 Å². The van der Waals surface area contributed by atoms with Crippen LogP contribution in [0.4, 0.5) is 10.1 Å². The van der Waals surface area contributed by atoms with Crippen molar-refractivity contribution in [2.45, 2.75) is 13.8 Å². The molecule has 0 atom stereocenters. The van der Waals surface area contributed by atoms with Crippen molar-refractivity contribution in [3.05, 3.63) is 90.7 Å². The van der Waals surface area contributed by atoms with E-state index in [1.807, 2.05) is 24.3 Å². The SMILES string of the molecule is CCN(CC)C(=Nc1ccc(F)cc1)n1c(-c2ccccc2)cc2ccccc21. The Morgan fingerprint density at radius 3 is 2.21 bits per heavy atom. The van der Waals surface area contributed by atoms with Crippen molar-refractivity contribution in [3.63, 3.8) is 0 Å². The van der Waals surface area contributed by atoms with Crippen LogP contribution in [-0.4, -0.2) is 28.5 Å². The molecule has 0 saturated carbocycles. The molecule has 0 radical (unpaired) electrons. The van der Waals surface area contributed by atoms with Gasteiger partial charge in [-0.05, 0) is 55.8 Å². The molecule has 0 bridgehead atoms. The summed E-state index contributed by atoms with van der Waals surface area (Å²) in [4.78, 5) is 7.18. The molecule has 4 rings (SSSR count). The summed E-state index contributed by atoms with van der Waals surface area (Å²) in [5.41, 5.74) is 4.03. The molecule has 1 aromatic heterocycles. The average Bonchev–Trinajstić information content (AvgIpc) is 3.15. The first-order chi connectivity index (χ1) is 14.2. The smallest absolute Gasteiger partial charge is 0.211 e. The Hall–Kier alpha value is -3.40. The van der Waals surface area contributed by atoms with Gasteiger partial charge in [-0.1, -0.05) is 48.5 Å². The second-order valence-electron chi connectivity index (χ2n) is 6.85. The van der Waals surface area contributed by atoms with Gasteiger partial charge in [-0.3, -0.25) is 4.57 Å². The molecule has 146 valence electrons. The summed E-state index contributed by atoms with van der Waals surface area (Å²) in [5, 5.41) is 1.16. The lowest BCUT2D eigenvalue weighted by atomic mass is 10.1. The molecular weight excluding hydrogens is 361 g/mol. The van der Waals surface area contributed by atoms with Gasteiger partial charge in [0.25, 0.3) is 0 Å². The van der Waals surface area contributed by atoms with E-state index in [2.05, 4.69) is 59.7 Å². The highest BCUT2D eigenvalue weighted by atomic mass is 19.1. The Kier molecular flexibility index (Phi) is 5.43. The van der Waals surface area contributed by atoms with Crippen molar-refractivity contribution < 1.29 is 4.39 Å². The lowest BCUT2D eigenvalue weighted by Gasteiger charge is -2.26. The molecule has 0 amide bonds. The summed E-state index contributed by atoms with van der Waals surface area (Å²) in [5.74, 6) is 0.575. The van der Waals surface area contributed by atoms with E-state index in [0.29, 0.717) is 0 Å². The topological polar surface area (TPSA) is 20.5 Å². The van der Waals surface area contributed by atoms with Gasteiger partial charge in [-0.15, -0.1) is 0 Å². The minimum Gasteiger partial charge on any atom is -0.342 e. The third-order valence-electron chi connectivity index (χ3n) is 5.08. The maximum atomic E-state index is 13.4. The Balaban J connectivity index is 2.00. The van der Waals surface area contributed by atoms with Crippen LogP contribution in [0.1, 0.15) is 13.8 Å². The van der Waals surface area contributed by atoms with Crippen molar-refractivity contribution in [1.82, 2.24) is 9.47 Å². The Morgan fingerprint density at radius 2 is 1.52 bits per heavy atom. The van der Waals surface area contributed by atoms with E-state index in [9.17, 15) is 4.39 Å². The van der Waals surface area contributed by atoms with Crippen LogP contribution >= 0.6 is 0 Å². The largest absolute Gasteiger partial charge is 0.342 e. The van der Waals surface area contributed by atoms with Gasteiger partial charge in [0, 0.05) is 18.5 Å². The standard InChI is InChI=1S/C25H24FN3/c1-3-28(4-2)25(27-22-16-14-21(26)15-17-22)29-23-13-9-8-12-20(23)18-24(29)19-10-6-5-7-11-19/h5-18H,3-4H2,1-2H3. The van der Waals surface area contributed by atoms with E-state index in [1.165, 1.54) is 12.1 Å². The maximum Gasteiger partial charge on any atom is 0.211 e. The lowest BCUT2D eigenvalue weighted by molar-refractivity contribution is 0.452. The molecule has 4 aromatic rings. The van der Waals surface area contributed by atoms with E-state index in [1.54, 1.807) is 12.1 Å². The van der Waals surface area contributed by atoms with Crippen LogP contribution in [0.5, 0.6) is 0 Å². The second kappa shape index (κ2) is 8.31. The lowest BCUT2D eigenvalue weighted by Crippen LogP contribution is -2.36. The number of hydrogen-bond donors (Lipinski definition) is 0. The summed E-state index contributed by atoms with van der Waals surface area (Å²) in [6.45, 7) is 5.88. The summed E-state index contributed by atoms with van der Waals surface area (Å²) in [7, 11) is 0. The van der Waals surface area contributed by atoms with Crippen LogP contribution in [0.3, 0.4) is 0 Å². The quantitative estimate of drug-likeness (QED) is 0.297. The fourth-order valence-electron chi connectivity index (χ4n) is 3.59. The number of benzene rings is 3. The van der Waals surface area contributed by atoms with Crippen molar-refractivity contribution in [2.24, 2.45) is 4.99 Å². The van der Waals surface area contributed by atoms with Crippen molar-refractivity contribution in [2.75, 3.05) is 13.1 Å². The van der Waals surface area contributed by atoms with E-state index < -0.39 is 0 Å². The zero-order valence-electron chi connectivity index (χ0n) is 16.7. The molecule has 3 nitrogen and oxygen atoms in total. The van der Waals surface area contributed by atoms with Gasteiger partial charge in [0.2, 0.25) is 5.96 Å². The van der Waals surface area contributed by atoms with Gasteiger partial charge in [0.1, 0.15) is 5.82 Å². The molecule has 4 heteroatoms. The zero-order valence-corrected chi connectivity index (χ0v) is 16.7. The minimum atomic E-state index is -0.260. The summed E-state index contributed by atoms with van der Waals surface area (Å²) < 4.78 is 15.6. The molecule has 0 aliphatic carbocycles. The number of aromatic nitrogens is 1. The van der Waals surface area contributed by atoms with Gasteiger partial charge in [0.05, 0.1) is 16.9 Å². The van der Waals surface area contributed by atoms with Crippen LogP contribution in [0, 0.1) is 5.82 Å². The molecule has 1 heterocycles. The van der Waals surface area contributed by atoms with Gasteiger partial charge in [-0.25, -0.2) is 9.38 Å². The molecule has 0 aliphatic heterocycles. The average molecular weight is 385 g/mol. The number of halogens is 1. The maximum absolute atomic E-state index is 13.4. The third-order valence-corrected chi connectivity index (χ3v) is 5.08. The molecular formula is C25H24FN3. The van der Waals surface area contributed by atoms with Gasteiger partial charge < -0.3 is 4.90 Å². The third kappa shape index (κ3) is 3.79. The summed E-state index contributed by atoms with van der Waals surface area (Å²) in [6.07, 6.45) is 0. The fraction of sp³-hybridized carbons (Fsp3) is 0.160. The zero-order chi connectivity index (χ0) is 20.2. The first kappa shape index (κ1) is 18.9. The summed E-state index contributed by atoms with van der Waals surface area (Å²) >= 11 is 0. The fourth-order valence-corrected chi connectivity index (χ4v) is 3.59. The van der Waals surface area contributed by atoms with E-state index >= 15 is 0 Å². The highest BCUT2D eigenvalue weighted by molar-refractivity contribution is 6.00. The monoisotopic (exact) mass is 385 g/mol.